The van der Waals surface area contributed by atoms with E-state index in [1.54, 1.807) is 6.92 Å². The Kier molecular flexibility index (Phi) is 6.11. The Bertz CT molecular complexity index is 318. The predicted molar refractivity (Wildman–Crippen MR) is 68.9 cm³/mol. The average Bonchev–Trinajstić information content (AvgIpc) is 2.85. The maximum atomic E-state index is 11.8. The Labute approximate surface area is 110 Å². The van der Waals surface area contributed by atoms with Crippen molar-refractivity contribution in [3.8, 4) is 0 Å². The van der Waals surface area contributed by atoms with Crippen LogP contribution in [-0.4, -0.2) is 28.8 Å². The van der Waals surface area contributed by atoms with Gasteiger partial charge in [0.1, 0.15) is 6.04 Å². The molecular weight excluding hydrogens is 256 g/mol. The summed E-state index contributed by atoms with van der Waals surface area (Å²) in [4.78, 5) is 32.9. The van der Waals surface area contributed by atoms with Crippen LogP contribution in [0, 0.1) is 16.7 Å². The van der Waals surface area contributed by atoms with Crippen LogP contribution in [0.25, 0.3) is 0 Å². The second kappa shape index (κ2) is 7.35. The molecule has 2 atom stereocenters. The first-order valence-electron chi connectivity index (χ1n) is 6.04. The number of carboxylic acids is 1. The van der Waals surface area contributed by atoms with Crippen molar-refractivity contribution in [2.24, 2.45) is 16.4 Å². The van der Waals surface area contributed by atoms with Gasteiger partial charge in [0.05, 0.1) is 0 Å². The van der Waals surface area contributed by atoms with Gasteiger partial charge in [0.15, 0.2) is 0 Å². The van der Waals surface area contributed by atoms with Crippen LogP contribution in [0.2, 0.25) is 0 Å². The first-order chi connectivity index (χ1) is 8.56. The van der Waals surface area contributed by atoms with Gasteiger partial charge in [-0.05, 0) is 18.8 Å². The highest BCUT2D eigenvalue weighted by molar-refractivity contribution is 7.97. The summed E-state index contributed by atoms with van der Waals surface area (Å²) >= 11 is 0.773. The van der Waals surface area contributed by atoms with Crippen molar-refractivity contribution in [2.45, 2.75) is 38.6 Å². The Morgan fingerprint density at radius 2 is 2.06 bits per heavy atom. The van der Waals surface area contributed by atoms with Gasteiger partial charge in [-0.2, -0.15) is 0 Å². The summed E-state index contributed by atoms with van der Waals surface area (Å²) in [6.45, 7) is 1.65. The van der Waals surface area contributed by atoms with Crippen molar-refractivity contribution >= 4 is 23.8 Å². The number of carbonyl (C=O) groups excluding carboxylic acids is 1. The van der Waals surface area contributed by atoms with Crippen LogP contribution in [0.15, 0.2) is 4.58 Å². The number of hydrogen-bond donors (Lipinski definition) is 2. The van der Waals surface area contributed by atoms with Gasteiger partial charge in [-0.25, -0.2) is 4.79 Å². The number of nitroso groups, excluding NO2 is 1. The molecule has 1 aliphatic rings. The van der Waals surface area contributed by atoms with Crippen LogP contribution < -0.4 is 5.32 Å². The third kappa shape index (κ3) is 4.29. The molecule has 0 saturated heterocycles. The monoisotopic (exact) mass is 274 g/mol. The summed E-state index contributed by atoms with van der Waals surface area (Å²) in [5, 5.41) is 11.7. The molecule has 1 amide bonds. The molecule has 18 heavy (non-hydrogen) atoms. The Morgan fingerprint density at radius 3 is 2.56 bits per heavy atom. The van der Waals surface area contributed by atoms with Crippen LogP contribution >= 0.6 is 11.9 Å². The fraction of sp³-hybridized carbons (Fsp3) is 0.818. The molecule has 6 nitrogen and oxygen atoms in total. The second-order valence-electron chi connectivity index (χ2n) is 4.64. The highest BCUT2D eigenvalue weighted by Gasteiger charge is 2.32. The maximum absolute atomic E-state index is 11.8. The topological polar surface area (TPSA) is 95.8 Å². The molecule has 0 radical (unpaired) electrons. The Balaban J connectivity index is 2.52. The molecule has 0 spiro atoms. The van der Waals surface area contributed by atoms with Crippen LogP contribution in [0.5, 0.6) is 0 Å². The zero-order valence-corrected chi connectivity index (χ0v) is 11.1. The van der Waals surface area contributed by atoms with E-state index in [9.17, 15) is 14.5 Å². The largest absolute Gasteiger partial charge is 0.480 e. The molecule has 0 aliphatic heterocycles. The fourth-order valence-electron chi connectivity index (χ4n) is 2.19. The van der Waals surface area contributed by atoms with E-state index in [2.05, 4.69) is 9.90 Å². The third-order valence-corrected chi connectivity index (χ3v) is 4.01. The Morgan fingerprint density at radius 1 is 1.44 bits per heavy atom. The molecular formula is C11H18N2O4S. The van der Waals surface area contributed by atoms with Crippen molar-refractivity contribution in [3.63, 3.8) is 0 Å². The lowest BCUT2D eigenvalue weighted by molar-refractivity contribution is -0.143. The van der Waals surface area contributed by atoms with E-state index in [-0.39, 0.29) is 17.6 Å². The van der Waals surface area contributed by atoms with E-state index >= 15 is 0 Å². The summed E-state index contributed by atoms with van der Waals surface area (Å²) in [6, 6.07) is -0.809. The lowest BCUT2D eigenvalue weighted by atomic mass is 9.97. The minimum absolute atomic E-state index is 0.0236. The molecule has 0 aromatic heterocycles. The molecule has 0 bridgehead atoms. The van der Waals surface area contributed by atoms with E-state index in [0.29, 0.717) is 0 Å². The summed E-state index contributed by atoms with van der Waals surface area (Å²) in [7, 11) is 0. The van der Waals surface area contributed by atoms with Gasteiger partial charge in [-0.3, -0.25) is 4.79 Å². The number of rotatable bonds is 7. The first kappa shape index (κ1) is 14.9. The van der Waals surface area contributed by atoms with Gasteiger partial charge in [-0.1, -0.05) is 19.8 Å². The van der Waals surface area contributed by atoms with Crippen LogP contribution in [0.1, 0.15) is 32.6 Å². The van der Waals surface area contributed by atoms with Crippen molar-refractivity contribution in [2.75, 3.05) is 5.75 Å². The van der Waals surface area contributed by atoms with Crippen molar-refractivity contribution in [1.29, 1.82) is 0 Å². The van der Waals surface area contributed by atoms with Crippen LogP contribution in [-0.2, 0) is 9.59 Å². The molecule has 0 aromatic carbocycles. The van der Waals surface area contributed by atoms with Crippen molar-refractivity contribution < 1.29 is 14.7 Å². The average molecular weight is 274 g/mol. The number of carbonyl (C=O) groups is 2. The van der Waals surface area contributed by atoms with Gasteiger partial charge in [-0.15, -0.1) is 4.91 Å². The van der Waals surface area contributed by atoms with E-state index in [4.69, 9.17) is 5.11 Å². The Hall–Kier alpha value is -1.11. The highest BCUT2D eigenvalue weighted by atomic mass is 32.2. The SMILES string of the molecule is C[C@@H](CSN=O)C(=O)N[C@H](C(=O)O)C1CCCC1. The van der Waals surface area contributed by atoms with E-state index in [0.717, 1.165) is 37.6 Å². The van der Waals surface area contributed by atoms with Crippen molar-refractivity contribution in [3.05, 3.63) is 4.91 Å². The summed E-state index contributed by atoms with van der Waals surface area (Å²) < 4.78 is 2.62. The molecule has 0 aromatic rings. The summed E-state index contributed by atoms with van der Waals surface area (Å²) in [5.74, 6) is -1.44. The maximum Gasteiger partial charge on any atom is 0.326 e. The lowest BCUT2D eigenvalue weighted by Gasteiger charge is -2.22. The number of nitrogens with one attached hydrogen (secondary N) is 1. The van der Waals surface area contributed by atoms with Gasteiger partial charge in [0.25, 0.3) is 0 Å². The molecule has 2 N–H and O–H groups in total. The highest BCUT2D eigenvalue weighted by Crippen LogP contribution is 2.28. The molecule has 1 saturated carbocycles. The normalized spacial score (nSPS) is 19.2. The first-order valence-corrected chi connectivity index (χ1v) is 6.98. The molecule has 102 valence electrons. The molecule has 7 heteroatoms. The molecule has 0 unspecified atom stereocenters. The number of hydrogen-bond acceptors (Lipinski definition) is 5. The van der Waals surface area contributed by atoms with Gasteiger partial charge in [0, 0.05) is 28.2 Å². The van der Waals surface area contributed by atoms with E-state index < -0.39 is 17.9 Å². The molecule has 0 heterocycles. The predicted octanol–water partition coefficient (Wildman–Crippen LogP) is 1.80. The lowest BCUT2D eigenvalue weighted by Crippen LogP contribution is -2.47. The van der Waals surface area contributed by atoms with Gasteiger partial charge < -0.3 is 10.4 Å². The number of nitrogens with zero attached hydrogens (tertiary/aromatic N) is 1. The summed E-state index contributed by atoms with van der Waals surface area (Å²) in [5.41, 5.74) is 0. The fourth-order valence-corrected chi connectivity index (χ4v) is 2.62. The number of carboxylic acid groups (broad SMARTS) is 1. The third-order valence-electron chi connectivity index (χ3n) is 3.26. The smallest absolute Gasteiger partial charge is 0.326 e. The van der Waals surface area contributed by atoms with Gasteiger partial charge in [0.2, 0.25) is 5.91 Å². The number of amides is 1. The standard InChI is InChI=1S/C11H18N2O4S/c1-7(6-18-13-17)10(14)12-9(11(15)16)8-4-2-3-5-8/h7-9H,2-6H2,1H3,(H,12,14)(H,15,16)/t7-,9-/m0/s1. The van der Waals surface area contributed by atoms with E-state index in [1.807, 2.05) is 0 Å². The number of aliphatic carboxylic acids is 1. The zero-order valence-electron chi connectivity index (χ0n) is 10.3. The van der Waals surface area contributed by atoms with Gasteiger partial charge >= 0.3 is 5.97 Å². The van der Waals surface area contributed by atoms with Crippen LogP contribution in [0.4, 0.5) is 0 Å². The van der Waals surface area contributed by atoms with E-state index in [1.165, 1.54) is 0 Å². The quantitative estimate of drug-likeness (QED) is 0.545. The second-order valence-corrected chi connectivity index (χ2v) is 5.38. The van der Waals surface area contributed by atoms with Crippen LogP contribution in [0.3, 0.4) is 0 Å². The van der Waals surface area contributed by atoms with Crippen molar-refractivity contribution in [1.82, 2.24) is 5.32 Å². The molecule has 1 rings (SSSR count). The minimum atomic E-state index is -0.983. The zero-order chi connectivity index (χ0) is 13.5. The molecule has 1 fully saturated rings. The molecule has 1 aliphatic carbocycles. The minimum Gasteiger partial charge on any atom is -0.480 e. The summed E-state index contributed by atoms with van der Waals surface area (Å²) in [6.07, 6.45) is 3.72.